The van der Waals surface area contributed by atoms with Crippen LogP contribution < -0.4 is 10.9 Å². The van der Waals surface area contributed by atoms with E-state index in [-0.39, 0.29) is 5.56 Å². The average molecular weight is 371 g/mol. The van der Waals surface area contributed by atoms with Gasteiger partial charge in [0.1, 0.15) is 9.48 Å². The summed E-state index contributed by atoms with van der Waals surface area (Å²) in [6.45, 7) is 7.44. The standard InChI is InChI=1S/C14H19BrN4OS/c1-4-10-5-17-12(21-10)7-16-11-6-18-19(8-9(2)3)14(20)13(11)15/h5-6,9,16H,4,7-8H2,1-3H3. The fourth-order valence-electron chi connectivity index (χ4n) is 1.83. The molecule has 0 aromatic carbocycles. The third-order valence-corrected chi connectivity index (χ3v) is 4.81. The lowest BCUT2D eigenvalue weighted by Crippen LogP contribution is -2.26. The minimum atomic E-state index is -0.109. The fourth-order valence-corrected chi connectivity index (χ4v) is 3.08. The van der Waals surface area contributed by atoms with Gasteiger partial charge in [-0.3, -0.25) is 4.79 Å². The van der Waals surface area contributed by atoms with Gasteiger partial charge in [-0.2, -0.15) is 5.10 Å². The van der Waals surface area contributed by atoms with Gasteiger partial charge in [-0.1, -0.05) is 20.8 Å². The monoisotopic (exact) mass is 370 g/mol. The van der Waals surface area contributed by atoms with Crippen molar-refractivity contribution in [2.75, 3.05) is 5.32 Å². The summed E-state index contributed by atoms with van der Waals surface area (Å²) in [5.74, 6) is 0.378. The van der Waals surface area contributed by atoms with Crippen LogP contribution in [0.5, 0.6) is 0 Å². The Labute approximate surface area is 136 Å². The maximum Gasteiger partial charge on any atom is 0.283 e. The van der Waals surface area contributed by atoms with E-state index < -0.39 is 0 Å². The molecular formula is C14H19BrN4OS. The predicted octanol–water partition coefficient (Wildman–Crippen LogP) is 3.29. The van der Waals surface area contributed by atoms with Crippen LogP contribution in [0.15, 0.2) is 21.7 Å². The second-order valence-electron chi connectivity index (χ2n) is 5.18. The smallest absolute Gasteiger partial charge is 0.283 e. The summed E-state index contributed by atoms with van der Waals surface area (Å²) in [6.07, 6.45) is 4.58. The lowest BCUT2D eigenvalue weighted by molar-refractivity contribution is 0.462. The van der Waals surface area contributed by atoms with E-state index in [1.807, 2.05) is 6.20 Å². The van der Waals surface area contributed by atoms with Crippen molar-refractivity contribution in [1.29, 1.82) is 0 Å². The Kier molecular flexibility index (Phi) is 5.52. The Morgan fingerprint density at radius 2 is 2.19 bits per heavy atom. The zero-order valence-corrected chi connectivity index (χ0v) is 14.8. The number of aryl methyl sites for hydroxylation is 1. The minimum Gasteiger partial charge on any atom is -0.376 e. The summed E-state index contributed by atoms with van der Waals surface area (Å²) in [6, 6.07) is 0. The summed E-state index contributed by atoms with van der Waals surface area (Å²) >= 11 is 5.04. The molecule has 0 bridgehead atoms. The normalized spacial score (nSPS) is 11.1. The van der Waals surface area contributed by atoms with E-state index in [1.165, 1.54) is 9.56 Å². The van der Waals surface area contributed by atoms with Crippen LogP contribution in [0.2, 0.25) is 0 Å². The van der Waals surface area contributed by atoms with Gasteiger partial charge in [0, 0.05) is 17.6 Å². The molecule has 0 unspecified atom stereocenters. The lowest BCUT2D eigenvalue weighted by Gasteiger charge is -2.11. The molecule has 0 spiro atoms. The molecule has 2 aromatic heterocycles. The molecule has 0 aliphatic carbocycles. The molecular weight excluding hydrogens is 352 g/mol. The van der Waals surface area contributed by atoms with Crippen LogP contribution in [-0.4, -0.2) is 14.8 Å². The topological polar surface area (TPSA) is 59.8 Å². The van der Waals surface area contributed by atoms with Crippen molar-refractivity contribution >= 4 is 33.0 Å². The summed E-state index contributed by atoms with van der Waals surface area (Å²) < 4.78 is 2.00. The molecule has 0 saturated carbocycles. The van der Waals surface area contributed by atoms with Crippen molar-refractivity contribution in [2.45, 2.75) is 40.3 Å². The van der Waals surface area contributed by atoms with E-state index in [2.05, 4.69) is 52.1 Å². The van der Waals surface area contributed by atoms with Gasteiger partial charge >= 0.3 is 0 Å². The fraction of sp³-hybridized carbons (Fsp3) is 0.500. The molecule has 114 valence electrons. The first-order chi connectivity index (χ1) is 10.0. The van der Waals surface area contributed by atoms with Crippen LogP contribution in [0.3, 0.4) is 0 Å². The van der Waals surface area contributed by atoms with Crippen LogP contribution in [0.1, 0.15) is 30.7 Å². The molecule has 0 aliphatic rings. The maximum atomic E-state index is 12.2. The highest BCUT2D eigenvalue weighted by Crippen LogP contribution is 2.19. The second-order valence-corrected chi connectivity index (χ2v) is 7.17. The molecule has 21 heavy (non-hydrogen) atoms. The van der Waals surface area contributed by atoms with Crippen LogP contribution in [0.4, 0.5) is 5.69 Å². The van der Waals surface area contributed by atoms with Gasteiger partial charge in [-0.05, 0) is 28.3 Å². The molecule has 5 nitrogen and oxygen atoms in total. The van der Waals surface area contributed by atoms with Gasteiger partial charge in [-0.25, -0.2) is 9.67 Å². The molecule has 0 saturated heterocycles. The number of nitrogens with zero attached hydrogens (tertiary/aromatic N) is 3. The molecule has 2 rings (SSSR count). The second kappa shape index (κ2) is 7.17. The predicted molar refractivity (Wildman–Crippen MR) is 89.9 cm³/mol. The molecule has 0 fully saturated rings. The molecule has 0 aliphatic heterocycles. The van der Waals surface area contributed by atoms with Crippen molar-refractivity contribution in [3.05, 3.63) is 37.1 Å². The van der Waals surface area contributed by atoms with Crippen LogP contribution in [0.25, 0.3) is 0 Å². The number of thiazole rings is 1. The number of aromatic nitrogens is 3. The van der Waals surface area contributed by atoms with E-state index in [4.69, 9.17) is 0 Å². The van der Waals surface area contributed by atoms with E-state index in [9.17, 15) is 4.79 Å². The Balaban J connectivity index is 2.10. The average Bonchev–Trinajstić information content (AvgIpc) is 2.91. The quantitative estimate of drug-likeness (QED) is 0.847. The Morgan fingerprint density at radius 3 is 2.81 bits per heavy atom. The van der Waals surface area contributed by atoms with Gasteiger partial charge < -0.3 is 5.32 Å². The third-order valence-electron chi connectivity index (χ3n) is 2.90. The van der Waals surface area contributed by atoms with Crippen molar-refractivity contribution in [2.24, 2.45) is 5.92 Å². The first-order valence-corrected chi connectivity index (χ1v) is 8.55. The van der Waals surface area contributed by atoms with Crippen LogP contribution in [0, 0.1) is 5.92 Å². The van der Waals surface area contributed by atoms with Crippen molar-refractivity contribution < 1.29 is 0 Å². The third kappa shape index (κ3) is 4.14. The van der Waals surface area contributed by atoms with Gasteiger partial charge in [-0.15, -0.1) is 11.3 Å². The largest absolute Gasteiger partial charge is 0.376 e. The summed E-state index contributed by atoms with van der Waals surface area (Å²) in [7, 11) is 0. The first-order valence-electron chi connectivity index (χ1n) is 6.94. The Bertz CT molecular complexity index is 665. The summed E-state index contributed by atoms with van der Waals surface area (Å²) in [5.41, 5.74) is 0.593. The molecule has 2 aromatic rings. The van der Waals surface area contributed by atoms with E-state index in [0.29, 0.717) is 29.2 Å². The van der Waals surface area contributed by atoms with Crippen LogP contribution >= 0.6 is 27.3 Å². The van der Waals surface area contributed by atoms with E-state index >= 15 is 0 Å². The SMILES string of the molecule is CCc1cnc(CNc2cnn(CC(C)C)c(=O)c2Br)s1. The van der Waals surface area contributed by atoms with Crippen molar-refractivity contribution in [3.8, 4) is 0 Å². The molecule has 0 atom stereocenters. The highest BCUT2D eigenvalue weighted by atomic mass is 79.9. The van der Waals surface area contributed by atoms with Crippen LogP contribution in [-0.2, 0) is 19.5 Å². The van der Waals surface area contributed by atoms with Gasteiger partial charge in [0.05, 0.1) is 18.4 Å². The zero-order chi connectivity index (χ0) is 15.4. The highest BCUT2D eigenvalue weighted by Gasteiger charge is 2.10. The number of anilines is 1. The van der Waals surface area contributed by atoms with E-state index in [0.717, 1.165) is 11.4 Å². The van der Waals surface area contributed by atoms with Gasteiger partial charge in [0.25, 0.3) is 5.56 Å². The van der Waals surface area contributed by atoms with Crippen molar-refractivity contribution in [1.82, 2.24) is 14.8 Å². The molecule has 1 N–H and O–H groups in total. The maximum absolute atomic E-state index is 12.2. The Hall–Kier alpha value is -1.21. The summed E-state index contributed by atoms with van der Waals surface area (Å²) in [5, 5.41) is 8.43. The van der Waals surface area contributed by atoms with Gasteiger partial charge in [0.15, 0.2) is 0 Å². The minimum absolute atomic E-state index is 0.109. The van der Waals surface area contributed by atoms with Gasteiger partial charge in [0.2, 0.25) is 0 Å². The number of hydrogen-bond donors (Lipinski definition) is 1. The highest BCUT2D eigenvalue weighted by molar-refractivity contribution is 9.10. The number of hydrogen-bond acceptors (Lipinski definition) is 5. The lowest BCUT2D eigenvalue weighted by atomic mass is 10.2. The molecule has 7 heteroatoms. The zero-order valence-electron chi connectivity index (χ0n) is 12.4. The van der Waals surface area contributed by atoms with Crippen molar-refractivity contribution in [3.63, 3.8) is 0 Å². The number of nitrogens with one attached hydrogen (secondary N) is 1. The number of halogens is 1. The molecule has 2 heterocycles. The first kappa shape index (κ1) is 16.2. The Morgan fingerprint density at radius 1 is 1.43 bits per heavy atom. The van der Waals surface area contributed by atoms with E-state index in [1.54, 1.807) is 17.5 Å². The summed E-state index contributed by atoms with van der Waals surface area (Å²) in [4.78, 5) is 17.8. The number of rotatable bonds is 6. The molecule has 0 amide bonds. The molecule has 0 radical (unpaired) electrons.